The van der Waals surface area contributed by atoms with E-state index >= 15 is 0 Å². The van der Waals surface area contributed by atoms with E-state index < -0.39 is 12.0 Å². The number of hydrogen-bond donors (Lipinski definition) is 3. The number of benzene rings is 1. The van der Waals surface area contributed by atoms with Crippen LogP contribution in [0.5, 0.6) is 0 Å². The molecule has 1 aliphatic rings. The summed E-state index contributed by atoms with van der Waals surface area (Å²) in [5.74, 6) is 0.416. The molecule has 0 saturated heterocycles. The van der Waals surface area contributed by atoms with Crippen molar-refractivity contribution in [1.29, 1.82) is 0 Å². The number of para-hydroxylation sites is 1. The minimum atomic E-state index is -1.14. The largest absolute Gasteiger partial charge is 0.459 e. The highest BCUT2D eigenvalue weighted by Gasteiger charge is 2.21. The Morgan fingerprint density at radius 2 is 2.20 bits per heavy atom. The average molecular weight is 406 g/mol. The monoisotopic (exact) mass is 406 g/mol. The van der Waals surface area contributed by atoms with Crippen molar-refractivity contribution in [2.24, 2.45) is 0 Å². The number of fused-ring (bicyclic) bond motifs is 2. The van der Waals surface area contributed by atoms with Gasteiger partial charge in [0.2, 0.25) is 5.91 Å². The van der Waals surface area contributed by atoms with Crippen LogP contribution in [-0.4, -0.2) is 46.5 Å². The lowest BCUT2D eigenvalue weighted by molar-refractivity contribution is -0.125. The van der Waals surface area contributed by atoms with E-state index in [0.717, 1.165) is 22.3 Å². The molecule has 3 N–H and O–H groups in total. The number of amides is 2. The van der Waals surface area contributed by atoms with Gasteiger partial charge in [0, 0.05) is 36.8 Å². The predicted octanol–water partition coefficient (Wildman–Crippen LogP) is 2.53. The number of nitrogens with zero attached hydrogens (tertiary/aromatic N) is 2. The third-order valence-corrected chi connectivity index (χ3v) is 5.06. The van der Waals surface area contributed by atoms with Gasteiger partial charge in [-0.05, 0) is 30.7 Å². The fourth-order valence-electron chi connectivity index (χ4n) is 3.27. The Bertz CT molecular complexity index is 1150. The highest BCUT2D eigenvalue weighted by molar-refractivity contribution is 5.98. The number of hydrogen-bond acceptors (Lipinski definition) is 6. The normalized spacial score (nSPS) is 16.1. The number of furan rings is 1. The molecule has 1 atom stereocenters. The number of aliphatic hydroxyl groups is 1. The van der Waals surface area contributed by atoms with E-state index in [2.05, 4.69) is 15.6 Å². The summed E-state index contributed by atoms with van der Waals surface area (Å²) in [6, 6.07) is 9.55. The van der Waals surface area contributed by atoms with Crippen LogP contribution >= 0.6 is 0 Å². The SMILES string of the molecule is Cc1c(CN(C)C(=O)/C=C/c2cnc3c(c2)NC[C@@H](O)C(=O)N3)oc2ccccc12. The predicted molar refractivity (Wildman–Crippen MR) is 114 cm³/mol. The van der Waals surface area contributed by atoms with E-state index in [1.807, 2.05) is 31.2 Å². The Labute approximate surface area is 173 Å². The molecule has 0 bridgehead atoms. The summed E-state index contributed by atoms with van der Waals surface area (Å²) >= 11 is 0. The van der Waals surface area contributed by atoms with Gasteiger partial charge in [0.25, 0.3) is 5.91 Å². The van der Waals surface area contributed by atoms with Crippen LogP contribution in [-0.2, 0) is 16.1 Å². The molecule has 0 fully saturated rings. The number of likely N-dealkylation sites (N-methyl/N-ethyl adjacent to an activating group) is 1. The van der Waals surface area contributed by atoms with E-state index in [1.54, 1.807) is 30.3 Å². The maximum Gasteiger partial charge on any atom is 0.256 e. The van der Waals surface area contributed by atoms with Gasteiger partial charge >= 0.3 is 0 Å². The summed E-state index contributed by atoms with van der Waals surface area (Å²) in [7, 11) is 1.72. The molecule has 0 radical (unpaired) electrons. The second-order valence-electron chi connectivity index (χ2n) is 7.22. The highest BCUT2D eigenvalue weighted by atomic mass is 16.3. The van der Waals surface area contributed by atoms with E-state index in [0.29, 0.717) is 23.6 Å². The number of aromatic nitrogens is 1. The van der Waals surface area contributed by atoms with Crippen LogP contribution in [0.3, 0.4) is 0 Å². The molecule has 0 spiro atoms. The standard InChI is InChI=1S/C22H22N4O4/c1-13-15-5-3-4-6-18(15)30-19(13)12-26(2)20(28)8-7-14-9-16-21(24-10-14)25-22(29)17(27)11-23-16/h3-10,17,23,27H,11-12H2,1-2H3,(H,24,25,29)/b8-7+/t17-/m1/s1. The third kappa shape index (κ3) is 3.90. The van der Waals surface area contributed by atoms with Crippen LogP contribution in [0.1, 0.15) is 16.9 Å². The van der Waals surface area contributed by atoms with Crippen molar-refractivity contribution in [1.82, 2.24) is 9.88 Å². The van der Waals surface area contributed by atoms with E-state index in [1.165, 1.54) is 6.08 Å². The molecule has 30 heavy (non-hydrogen) atoms. The van der Waals surface area contributed by atoms with Gasteiger partial charge in [0.15, 0.2) is 5.82 Å². The van der Waals surface area contributed by atoms with Gasteiger partial charge in [-0.3, -0.25) is 9.59 Å². The Kier molecular flexibility index (Phi) is 5.24. The van der Waals surface area contributed by atoms with Gasteiger partial charge < -0.3 is 25.1 Å². The number of nitrogens with one attached hydrogen (secondary N) is 2. The first kappa shape index (κ1) is 19.7. The summed E-state index contributed by atoms with van der Waals surface area (Å²) in [5.41, 5.74) is 3.11. The molecule has 2 aromatic heterocycles. The number of β-amino-alcohol motifs (C(OH)–C–C–N with tert-alkyl or cyclic N) is 1. The lowest BCUT2D eigenvalue weighted by Crippen LogP contribution is -2.30. The van der Waals surface area contributed by atoms with Crippen molar-refractivity contribution >= 4 is 40.4 Å². The second-order valence-corrected chi connectivity index (χ2v) is 7.22. The molecule has 8 nitrogen and oxygen atoms in total. The zero-order valence-electron chi connectivity index (χ0n) is 16.7. The van der Waals surface area contributed by atoms with Crippen molar-refractivity contribution in [2.75, 3.05) is 24.2 Å². The lowest BCUT2D eigenvalue weighted by atomic mass is 10.1. The number of carbonyl (C=O) groups excluding carboxylic acids is 2. The summed E-state index contributed by atoms with van der Waals surface area (Å²) in [6.45, 7) is 2.43. The van der Waals surface area contributed by atoms with Crippen LogP contribution in [0.4, 0.5) is 11.5 Å². The highest BCUT2D eigenvalue weighted by Crippen LogP contribution is 2.26. The summed E-state index contributed by atoms with van der Waals surface area (Å²) in [5, 5.41) is 16.2. The number of carbonyl (C=O) groups is 2. The molecule has 2 amide bonds. The fraction of sp³-hybridized carbons (Fsp3) is 0.227. The minimum Gasteiger partial charge on any atom is -0.459 e. The first-order valence-corrected chi connectivity index (χ1v) is 9.55. The topological polar surface area (TPSA) is 108 Å². The third-order valence-electron chi connectivity index (χ3n) is 5.06. The molecular formula is C22H22N4O4. The molecule has 8 heteroatoms. The van der Waals surface area contributed by atoms with Crippen LogP contribution in [0.15, 0.2) is 47.0 Å². The number of aliphatic hydroxyl groups excluding tert-OH is 1. The van der Waals surface area contributed by atoms with Gasteiger partial charge in [-0.1, -0.05) is 18.2 Å². The number of aryl methyl sites for hydroxylation is 1. The van der Waals surface area contributed by atoms with Gasteiger partial charge in [0.1, 0.15) is 17.4 Å². The first-order chi connectivity index (χ1) is 14.4. The molecule has 0 aliphatic carbocycles. The van der Waals surface area contributed by atoms with Crippen molar-refractivity contribution < 1.29 is 19.1 Å². The lowest BCUT2D eigenvalue weighted by Gasteiger charge is -2.14. The van der Waals surface area contributed by atoms with E-state index in [-0.39, 0.29) is 12.5 Å². The van der Waals surface area contributed by atoms with Crippen molar-refractivity contribution in [3.8, 4) is 0 Å². The van der Waals surface area contributed by atoms with E-state index in [4.69, 9.17) is 4.42 Å². The number of pyridine rings is 1. The zero-order chi connectivity index (χ0) is 21.3. The summed E-state index contributed by atoms with van der Waals surface area (Å²) in [6.07, 6.45) is 3.52. The minimum absolute atomic E-state index is 0.0895. The van der Waals surface area contributed by atoms with Crippen molar-refractivity contribution in [3.63, 3.8) is 0 Å². The Hall–Kier alpha value is -3.65. The molecule has 4 rings (SSSR count). The molecule has 0 unspecified atom stereocenters. The van der Waals surface area contributed by atoms with Crippen LogP contribution in [0.2, 0.25) is 0 Å². The molecule has 3 aromatic rings. The van der Waals surface area contributed by atoms with Gasteiger partial charge in [-0.15, -0.1) is 0 Å². The number of rotatable bonds is 4. The zero-order valence-corrected chi connectivity index (χ0v) is 16.7. The summed E-state index contributed by atoms with van der Waals surface area (Å²) in [4.78, 5) is 30.0. The van der Waals surface area contributed by atoms with Gasteiger partial charge in [0.05, 0.1) is 12.2 Å². The van der Waals surface area contributed by atoms with E-state index in [9.17, 15) is 14.7 Å². The second kappa shape index (κ2) is 8.00. The van der Waals surface area contributed by atoms with Gasteiger partial charge in [-0.2, -0.15) is 0 Å². The molecular weight excluding hydrogens is 384 g/mol. The average Bonchev–Trinajstić information content (AvgIpc) is 2.98. The molecule has 0 saturated carbocycles. The summed E-state index contributed by atoms with van der Waals surface area (Å²) < 4.78 is 5.88. The van der Waals surface area contributed by atoms with Crippen molar-refractivity contribution in [3.05, 3.63) is 59.5 Å². The van der Waals surface area contributed by atoms with Crippen LogP contribution < -0.4 is 10.6 Å². The van der Waals surface area contributed by atoms with Gasteiger partial charge in [-0.25, -0.2) is 4.98 Å². The smallest absolute Gasteiger partial charge is 0.256 e. The maximum absolute atomic E-state index is 12.5. The molecule has 154 valence electrons. The van der Waals surface area contributed by atoms with Crippen molar-refractivity contribution in [2.45, 2.75) is 19.6 Å². The quantitative estimate of drug-likeness (QED) is 0.575. The van der Waals surface area contributed by atoms with Crippen LogP contribution in [0.25, 0.3) is 17.0 Å². The number of anilines is 2. The Morgan fingerprint density at radius 3 is 3.00 bits per heavy atom. The fourth-order valence-corrected chi connectivity index (χ4v) is 3.27. The first-order valence-electron chi connectivity index (χ1n) is 9.55. The molecule has 1 aromatic carbocycles. The molecule has 3 heterocycles. The molecule has 1 aliphatic heterocycles. The Balaban J connectivity index is 1.45. The van der Waals surface area contributed by atoms with Crippen LogP contribution in [0, 0.1) is 6.92 Å². The maximum atomic E-state index is 12.5. The Morgan fingerprint density at radius 1 is 1.40 bits per heavy atom.